The first kappa shape index (κ1) is 14.9. The molecule has 2 atom stereocenters. The largest absolute Gasteiger partial charge is 0.383 e. The Morgan fingerprint density at radius 3 is 2.27 bits per heavy atom. The van der Waals surface area contributed by atoms with Crippen molar-refractivity contribution in [3.05, 3.63) is 0 Å². The van der Waals surface area contributed by atoms with Crippen LogP contribution < -0.4 is 5.32 Å². The molecule has 0 aliphatic heterocycles. The fourth-order valence-corrected chi connectivity index (χ4v) is 1.54. The van der Waals surface area contributed by atoms with Crippen LogP contribution in [0.4, 0.5) is 0 Å². The van der Waals surface area contributed by atoms with Crippen LogP contribution in [0, 0.1) is 5.92 Å². The molecule has 0 bridgehead atoms. The van der Waals surface area contributed by atoms with Gasteiger partial charge in [-0.3, -0.25) is 0 Å². The maximum atomic E-state index is 5.15. The molecule has 0 spiro atoms. The highest BCUT2D eigenvalue weighted by Gasteiger charge is 2.12. The van der Waals surface area contributed by atoms with Crippen molar-refractivity contribution >= 4 is 0 Å². The summed E-state index contributed by atoms with van der Waals surface area (Å²) in [6.45, 7) is 11.9. The molecule has 3 nitrogen and oxygen atoms in total. The van der Waals surface area contributed by atoms with Crippen molar-refractivity contribution in [1.82, 2.24) is 10.2 Å². The van der Waals surface area contributed by atoms with E-state index in [4.69, 9.17) is 4.74 Å². The third kappa shape index (κ3) is 7.77. The topological polar surface area (TPSA) is 24.5 Å². The third-order valence-electron chi connectivity index (χ3n) is 2.63. The molecule has 0 radical (unpaired) electrons. The van der Waals surface area contributed by atoms with Gasteiger partial charge >= 0.3 is 0 Å². The lowest BCUT2D eigenvalue weighted by Gasteiger charge is -2.27. The Morgan fingerprint density at radius 2 is 1.80 bits per heavy atom. The van der Waals surface area contributed by atoms with Crippen molar-refractivity contribution in [2.24, 2.45) is 5.92 Å². The molecule has 0 aliphatic carbocycles. The summed E-state index contributed by atoms with van der Waals surface area (Å²) in [6, 6.07) is 1.07. The van der Waals surface area contributed by atoms with E-state index in [9.17, 15) is 0 Å². The minimum atomic E-state index is 0.497. The Morgan fingerprint density at radius 1 is 1.20 bits per heavy atom. The molecule has 0 amide bonds. The number of methoxy groups -OCH3 is 1. The van der Waals surface area contributed by atoms with E-state index in [1.54, 1.807) is 7.11 Å². The molecule has 3 heteroatoms. The molecule has 0 fully saturated rings. The number of likely N-dealkylation sites (N-methyl/N-ethyl adjacent to an activating group) is 1. The van der Waals surface area contributed by atoms with Crippen LogP contribution in [0.5, 0.6) is 0 Å². The van der Waals surface area contributed by atoms with E-state index < -0.39 is 0 Å². The van der Waals surface area contributed by atoms with Crippen molar-refractivity contribution in [1.29, 1.82) is 0 Å². The molecule has 2 unspecified atom stereocenters. The summed E-state index contributed by atoms with van der Waals surface area (Å²) >= 11 is 0. The number of hydrogen-bond donors (Lipinski definition) is 1. The van der Waals surface area contributed by atoms with Gasteiger partial charge < -0.3 is 15.0 Å². The zero-order valence-corrected chi connectivity index (χ0v) is 11.2. The molecule has 0 aliphatic rings. The van der Waals surface area contributed by atoms with Gasteiger partial charge in [-0.05, 0) is 26.4 Å². The molecule has 0 aromatic carbocycles. The van der Waals surface area contributed by atoms with E-state index in [2.05, 4.69) is 45.0 Å². The van der Waals surface area contributed by atoms with E-state index in [-0.39, 0.29) is 0 Å². The third-order valence-corrected chi connectivity index (χ3v) is 2.63. The molecule has 15 heavy (non-hydrogen) atoms. The van der Waals surface area contributed by atoms with Gasteiger partial charge in [0.2, 0.25) is 0 Å². The summed E-state index contributed by atoms with van der Waals surface area (Å²) in [6.07, 6.45) is 0. The maximum absolute atomic E-state index is 5.15. The lowest BCUT2D eigenvalue weighted by Crippen LogP contribution is -2.39. The Labute approximate surface area is 95.2 Å². The summed E-state index contributed by atoms with van der Waals surface area (Å²) in [7, 11) is 3.92. The second kappa shape index (κ2) is 8.08. The van der Waals surface area contributed by atoms with Gasteiger partial charge in [0.1, 0.15) is 0 Å². The van der Waals surface area contributed by atoms with E-state index in [0.29, 0.717) is 18.0 Å². The van der Waals surface area contributed by atoms with Gasteiger partial charge in [-0.1, -0.05) is 20.8 Å². The number of nitrogens with one attached hydrogen (secondary N) is 1. The molecular formula is C12H28N2O. The molecule has 1 N–H and O–H groups in total. The number of ether oxygens (including phenoxy) is 1. The van der Waals surface area contributed by atoms with Crippen LogP contribution in [-0.2, 0) is 4.74 Å². The highest BCUT2D eigenvalue weighted by molar-refractivity contribution is 4.68. The van der Waals surface area contributed by atoms with Crippen LogP contribution >= 0.6 is 0 Å². The first-order valence-corrected chi connectivity index (χ1v) is 5.89. The van der Waals surface area contributed by atoms with Crippen LogP contribution in [-0.4, -0.2) is 50.8 Å². The molecule has 0 rings (SSSR count). The van der Waals surface area contributed by atoms with Crippen molar-refractivity contribution in [3.8, 4) is 0 Å². The van der Waals surface area contributed by atoms with Crippen molar-refractivity contribution in [3.63, 3.8) is 0 Å². The highest BCUT2D eigenvalue weighted by Crippen LogP contribution is 2.02. The van der Waals surface area contributed by atoms with Crippen molar-refractivity contribution in [2.45, 2.75) is 39.8 Å². The molecule has 0 saturated heterocycles. The van der Waals surface area contributed by atoms with Crippen molar-refractivity contribution in [2.75, 3.05) is 33.9 Å². The van der Waals surface area contributed by atoms with Gasteiger partial charge in [0.25, 0.3) is 0 Å². The summed E-state index contributed by atoms with van der Waals surface area (Å²) in [5.41, 5.74) is 0. The van der Waals surface area contributed by atoms with E-state index >= 15 is 0 Å². The van der Waals surface area contributed by atoms with E-state index in [0.717, 1.165) is 19.7 Å². The van der Waals surface area contributed by atoms with Crippen LogP contribution in [0.25, 0.3) is 0 Å². The lowest BCUT2D eigenvalue weighted by atomic mass is 10.1. The molecule has 0 heterocycles. The molecular weight excluding hydrogens is 188 g/mol. The molecule has 0 saturated carbocycles. The van der Waals surface area contributed by atoms with E-state index in [1.165, 1.54) is 0 Å². The van der Waals surface area contributed by atoms with Crippen LogP contribution in [0.2, 0.25) is 0 Å². The predicted octanol–water partition coefficient (Wildman–Crippen LogP) is 1.59. The van der Waals surface area contributed by atoms with Gasteiger partial charge in [0.15, 0.2) is 0 Å². The SMILES string of the molecule is COCC(C)N(C)CC(C)CNC(C)C. The first-order valence-electron chi connectivity index (χ1n) is 5.89. The van der Waals surface area contributed by atoms with Gasteiger partial charge in [-0.25, -0.2) is 0 Å². The van der Waals surface area contributed by atoms with Gasteiger partial charge in [0, 0.05) is 25.7 Å². The Balaban J connectivity index is 3.69. The zero-order chi connectivity index (χ0) is 11.8. The number of rotatable bonds is 8. The quantitative estimate of drug-likeness (QED) is 0.667. The number of nitrogens with zero attached hydrogens (tertiary/aromatic N) is 1. The van der Waals surface area contributed by atoms with Gasteiger partial charge in [0.05, 0.1) is 6.61 Å². The standard InChI is InChI=1S/C12H28N2O/c1-10(2)13-7-11(3)8-14(5)12(4)9-15-6/h10-13H,7-9H2,1-6H3. The average molecular weight is 216 g/mol. The highest BCUT2D eigenvalue weighted by atomic mass is 16.5. The average Bonchev–Trinajstić information content (AvgIpc) is 2.15. The minimum Gasteiger partial charge on any atom is -0.383 e. The zero-order valence-electron chi connectivity index (χ0n) is 11.2. The van der Waals surface area contributed by atoms with Crippen LogP contribution in [0.15, 0.2) is 0 Å². The molecule has 0 aromatic heterocycles. The fourth-order valence-electron chi connectivity index (χ4n) is 1.54. The predicted molar refractivity (Wildman–Crippen MR) is 66.3 cm³/mol. The Hall–Kier alpha value is -0.120. The fraction of sp³-hybridized carbons (Fsp3) is 1.00. The normalized spacial score (nSPS) is 16.0. The summed E-state index contributed by atoms with van der Waals surface area (Å²) in [5, 5.41) is 3.46. The monoisotopic (exact) mass is 216 g/mol. The van der Waals surface area contributed by atoms with Crippen LogP contribution in [0.3, 0.4) is 0 Å². The Kier molecular flexibility index (Phi) is 8.02. The first-order chi connectivity index (χ1) is 6.97. The van der Waals surface area contributed by atoms with E-state index in [1.807, 2.05) is 0 Å². The second-order valence-electron chi connectivity index (χ2n) is 4.91. The van der Waals surface area contributed by atoms with Gasteiger partial charge in [-0.15, -0.1) is 0 Å². The van der Waals surface area contributed by atoms with Gasteiger partial charge in [-0.2, -0.15) is 0 Å². The summed E-state index contributed by atoms with van der Waals surface area (Å²) in [4.78, 5) is 2.36. The van der Waals surface area contributed by atoms with Crippen molar-refractivity contribution < 1.29 is 4.74 Å². The summed E-state index contributed by atoms with van der Waals surface area (Å²) < 4.78 is 5.15. The lowest BCUT2D eigenvalue weighted by molar-refractivity contribution is 0.107. The summed E-state index contributed by atoms with van der Waals surface area (Å²) in [5.74, 6) is 0.678. The second-order valence-corrected chi connectivity index (χ2v) is 4.91. The smallest absolute Gasteiger partial charge is 0.0615 e. The Bertz CT molecular complexity index is 151. The molecule has 0 aromatic rings. The maximum Gasteiger partial charge on any atom is 0.0615 e. The number of hydrogen-bond acceptors (Lipinski definition) is 3. The molecule has 92 valence electrons. The van der Waals surface area contributed by atoms with Crippen LogP contribution in [0.1, 0.15) is 27.7 Å². The minimum absolute atomic E-state index is 0.497.